The number of hydrogen-bond donors (Lipinski definition) is 4. The Kier molecular flexibility index (Phi) is 10.5. The van der Waals surface area contributed by atoms with E-state index in [4.69, 9.17) is 28.8 Å². The Labute approximate surface area is 253 Å². The first kappa shape index (κ1) is 32.8. The Hall–Kier alpha value is -4.11. The van der Waals surface area contributed by atoms with Crippen LogP contribution in [0.5, 0.6) is 0 Å². The molecular weight excluding hydrogens is 580 g/mol. The molecule has 1 aromatic carbocycles. The van der Waals surface area contributed by atoms with Gasteiger partial charge in [0.25, 0.3) is 0 Å². The third kappa shape index (κ3) is 7.69. The normalized spacial score (nSPS) is 25.3. The van der Waals surface area contributed by atoms with Gasteiger partial charge in [-0.15, -0.1) is 0 Å². The zero-order valence-corrected chi connectivity index (χ0v) is 24.5. The molecule has 0 spiro atoms. The molecule has 6 atom stereocenters. The van der Waals surface area contributed by atoms with Crippen LogP contribution in [0.2, 0.25) is 0 Å². The molecule has 14 nitrogen and oxygen atoms in total. The van der Waals surface area contributed by atoms with Crippen molar-refractivity contribution in [2.24, 2.45) is 5.41 Å². The van der Waals surface area contributed by atoms with Crippen molar-refractivity contribution >= 4 is 35.8 Å². The maximum absolute atomic E-state index is 13.4. The van der Waals surface area contributed by atoms with Gasteiger partial charge in [0.1, 0.15) is 37.8 Å². The molecule has 6 unspecified atom stereocenters. The van der Waals surface area contributed by atoms with Crippen molar-refractivity contribution in [2.45, 2.75) is 63.8 Å². The zero-order valence-electron chi connectivity index (χ0n) is 24.5. The van der Waals surface area contributed by atoms with Crippen LogP contribution in [0.3, 0.4) is 0 Å². The molecule has 14 heteroatoms. The van der Waals surface area contributed by atoms with Gasteiger partial charge in [-0.2, -0.15) is 0 Å². The lowest BCUT2D eigenvalue weighted by atomic mass is 9.90. The highest BCUT2D eigenvalue weighted by Crippen LogP contribution is 2.32. The molecule has 4 N–H and O–H groups in total. The minimum Gasteiger partial charge on any atom is -0.462 e. The van der Waals surface area contributed by atoms with Gasteiger partial charge in [0.15, 0.2) is 0 Å². The highest BCUT2D eigenvalue weighted by molar-refractivity contribution is 5.98. The minimum atomic E-state index is -1.30. The lowest BCUT2D eigenvalue weighted by Crippen LogP contribution is -2.54. The molecule has 2 aliphatic heterocycles. The minimum absolute atomic E-state index is 0.0568. The summed E-state index contributed by atoms with van der Waals surface area (Å²) in [4.78, 5) is 63.3. The third-order valence-corrected chi connectivity index (χ3v) is 7.33. The number of amides is 2. The number of esters is 3. The van der Waals surface area contributed by atoms with Gasteiger partial charge in [0, 0.05) is 30.0 Å². The number of aliphatic hydroxyl groups excluding tert-OH is 2. The molecule has 0 radical (unpaired) electrons. The molecule has 238 valence electrons. The summed E-state index contributed by atoms with van der Waals surface area (Å²) in [5.41, 5.74) is -0.0804. The Morgan fingerprint density at radius 3 is 2.59 bits per heavy atom. The van der Waals surface area contributed by atoms with E-state index in [0.29, 0.717) is 5.56 Å². The molecule has 0 saturated carbocycles. The molecule has 2 heterocycles. The number of hydrogen-bond acceptors (Lipinski definition) is 12. The van der Waals surface area contributed by atoms with Crippen LogP contribution in [-0.2, 0) is 42.9 Å². The molecular formula is C30H36N2O12. The van der Waals surface area contributed by atoms with Crippen LogP contribution >= 0.6 is 0 Å². The Bertz CT molecular complexity index is 1340. The van der Waals surface area contributed by atoms with Gasteiger partial charge in [-0.25, -0.2) is 14.4 Å². The van der Waals surface area contributed by atoms with E-state index < -0.39 is 71.7 Å². The van der Waals surface area contributed by atoms with Gasteiger partial charge >= 0.3 is 17.9 Å². The van der Waals surface area contributed by atoms with Crippen molar-refractivity contribution in [3.63, 3.8) is 0 Å². The van der Waals surface area contributed by atoms with Gasteiger partial charge in [0.2, 0.25) is 17.9 Å². The second-order valence-corrected chi connectivity index (χ2v) is 11.3. The number of aliphatic hydroxyl groups is 2. The maximum Gasteiger partial charge on any atom is 0.348 e. The molecule has 2 saturated heterocycles. The molecule has 1 aromatic rings. The average molecular weight is 617 g/mol. The number of carbonyl (C=O) groups is 5. The average Bonchev–Trinajstić information content (AvgIpc) is 3.57. The predicted octanol–water partition coefficient (Wildman–Crippen LogP) is -0.234. The second-order valence-electron chi connectivity index (χ2n) is 11.3. The van der Waals surface area contributed by atoms with Crippen LogP contribution in [0.1, 0.15) is 43.1 Å². The summed E-state index contributed by atoms with van der Waals surface area (Å²) in [7, 11) is 0. The van der Waals surface area contributed by atoms with Crippen molar-refractivity contribution in [3.05, 3.63) is 53.1 Å². The standard InChI is InChI=1S/C30H36N2O12/c1-16(34)23(27(37)31-10-11-33)32-26(36)18-12-20-24(42-15-41-20)21(13-18)43-28(38)19-7-5-4-6-17(19)8-9-22(35)44-25-29(39)40-14-30(25,2)3/h4-9,12,16,20-21,23-25,33-34H,10-11,13-15H2,1-3H3,(H,31,37)(H,32,36). The van der Waals surface area contributed by atoms with Crippen molar-refractivity contribution in [1.29, 1.82) is 0 Å². The van der Waals surface area contributed by atoms with E-state index in [1.54, 1.807) is 32.0 Å². The van der Waals surface area contributed by atoms with E-state index in [0.717, 1.165) is 6.08 Å². The van der Waals surface area contributed by atoms with Crippen LogP contribution in [0, 0.1) is 5.41 Å². The number of fused-ring (bicyclic) bond motifs is 1. The summed E-state index contributed by atoms with van der Waals surface area (Å²) < 4.78 is 27.2. The first-order valence-corrected chi connectivity index (χ1v) is 14.1. The van der Waals surface area contributed by atoms with Crippen LogP contribution in [-0.4, -0.2) is 103 Å². The largest absolute Gasteiger partial charge is 0.462 e. The summed E-state index contributed by atoms with van der Waals surface area (Å²) in [6.45, 7) is 4.47. The lowest BCUT2D eigenvalue weighted by molar-refractivity contribution is -0.159. The highest BCUT2D eigenvalue weighted by atomic mass is 16.7. The molecule has 44 heavy (non-hydrogen) atoms. The van der Waals surface area contributed by atoms with Crippen LogP contribution in [0.15, 0.2) is 42.0 Å². The van der Waals surface area contributed by atoms with Gasteiger partial charge in [-0.1, -0.05) is 32.0 Å². The van der Waals surface area contributed by atoms with E-state index in [1.165, 1.54) is 25.1 Å². The Morgan fingerprint density at radius 1 is 1.16 bits per heavy atom. The van der Waals surface area contributed by atoms with Crippen molar-refractivity contribution in [3.8, 4) is 0 Å². The SMILES string of the molecule is CC(O)C(NC(=O)C1=CC2OCOC2C(OC(=O)c2ccccc2C=CC(=O)OC2C(=O)OCC2(C)C)C1)C(=O)NCCO. The van der Waals surface area contributed by atoms with Gasteiger partial charge < -0.3 is 44.5 Å². The number of nitrogens with one attached hydrogen (secondary N) is 2. The molecule has 1 aliphatic carbocycles. The maximum atomic E-state index is 13.4. The van der Waals surface area contributed by atoms with E-state index in [1.807, 2.05) is 0 Å². The first-order chi connectivity index (χ1) is 20.9. The number of rotatable bonds is 11. The van der Waals surface area contributed by atoms with Crippen LogP contribution < -0.4 is 10.6 Å². The molecule has 4 rings (SSSR count). The van der Waals surface area contributed by atoms with Crippen molar-refractivity contribution in [1.82, 2.24) is 10.6 Å². The lowest BCUT2D eigenvalue weighted by Gasteiger charge is -2.31. The second kappa shape index (κ2) is 14.1. The van der Waals surface area contributed by atoms with Gasteiger partial charge in [0.05, 0.1) is 18.3 Å². The monoisotopic (exact) mass is 616 g/mol. The summed E-state index contributed by atoms with van der Waals surface area (Å²) in [5, 5.41) is 23.9. The van der Waals surface area contributed by atoms with Gasteiger partial charge in [-0.05, 0) is 30.7 Å². The molecule has 0 bridgehead atoms. The van der Waals surface area contributed by atoms with Crippen LogP contribution in [0.4, 0.5) is 0 Å². The smallest absolute Gasteiger partial charge is 0.348 e. The number of ether oxygens (including phenoxy) is 5. The number of cyclic esters (lactones) is 1. The molecule has 2 fully saturated rings. The van der Waals surface area contributed by atoms with E-state index in [2.05, 4.69) is 10.6 Å². The molecule has 3 aliphatic rings. The van der Waals surface area contributed by atoms with Crippen molar-refractivity contribution < 1.29 is 57.9 Å². The molecule has 0 aromatic heterocycles. The fourth-order valence-corrected chi connectivity index (χ4v) is 4.93. The fraction of sp³-hybridized carbons (Fsp3) is 0.500. The van der Waals surface area contributed by atoms with Gasteiger partial charge in [-0.3, -0.25) is 9.59 Å². The summed E-state index contributed by atoms with van der Waals surface area (Å²) in [5.74, 6) is -3.54. The highest BCUT2D eigenvalue weighted by Gasteiger charge is 2.46. The third-order valence-electron chi connectivity index (χ3n) is 7.33. The topological polar surface area (TPSA) is 196 Å². The summed E-state index contributed by atoms with van der Waals surface area (Å²) in [6, 6.07) is 5.05. The first-order valence-electron chi connectivity index (χ1n) is 14.1. The van der Waals surface area contributed by atoms with Crippen LogP contribution in [0.25, 0.3) is 6.08 Å². The van der Waals surface area contributed by atoms with E-state index in [-0.39, 0.29) is 44.1 Å². The molecule has 2 amide bonds. The summed E-state index contributed by atoms with van der Waals surface area (Å²) in [6.07, 6.45) is -0.772. The Balaban J connectivity index is 1.45. The van der Waals surface area contributed by atoms with E-state index in [9.17, 15) is 29.1 Å². The fourth-order valence-electron chi connectivity index (χ4n) is 4.93. The van der Waals surface area contributed by atoms with E-state index >= 15 is 0 Å². The van der Waals surface area contributed by atoms with Crippen molar-refractivity contribution in [2.75, 3.05) is 26.6 Å². The summed E-state index contributed by atoms with van der Waals surface area (Å²) >= 11 is 0. The Morgan fingerprint density at radius 2 is 1.91 bits per heavy atom. The zero-order chi connectivity index (χ0) is 32.0. The number of benzene rings is 1. The number of carbonyl (C=O) groups excluding carboxylic acids is 5. The predicted molar refractivity (Wildman–Crippen MR) is 150 cm³/mol. The quantitative estimate of drug-likeness (QED) is 0.145.